The molecule has 28 heavy (non-hydrogen) atoms. The summed E-state index contributed by atoms with van der Waals surface area (Å²) in [5, 5.41) is 15.7. The molecule has 0 bridgehead atoms. The fourth-order valence-corrected chi connectivity index (χ4v) is 4.35. The van der Waals surface area contributed by atoms with Crippen LogP contribution in [-0.2, 0) is 10.2 Å². The van der Waals surface area contributed by atoms with Crippen LogP contribution in [0.1, 0.15) is 42.4 Å². The number of nitrogens with two attached hydrogens (primary N) is 1. The number of nitrogens with zero attached hydrogens (tertiary/aromatic N) is 3. The second kappa shape index (κ2) is 8.43. The van der Waals surface area contributed by atoms with Crippen LogP contribution in [0.2, 0.25) is 0 Å². The third-order valence-corrected chi connectivity index (χ3v) is 6.20. The monoisotopic (exact) mass is 401 g/mol. The second-order valence-electron chi connectivity index (χ2n) is 7.60. The third kappa shape index (κ3) is 4.79. The number of aromatic nitrogens is 1. The minimum Gasteiger partial charge on any atom is -0.370 e. The Bertz CT molecular complexity index is 1010. The van der Waals surface area contributed by atoms with Crippen LogP contribution in [0.3, 0.4) is 0 Å². The second-order valence-corrected chi connectivity index (χ2v) is 8.98. The van der Waals surface area contributed by atoms with Crippen LogP contribution in [0.5, 0.6) is 0 Å². The highest BCUT2D eigenvalue weighted by atomic mass is 32.2. The third-order valence-electron chi connectivity index (χ3n) is 5.60. The van der Waals surface area contributed by atoms with Crippen molar-refractivity contribution in [3.63, 3.8) is 0 Å². The average Bonchev–Trinajstić information content (AvgIpc) is 2.86. The Hall–Kier alpha value is -2.21. The van der Waals surface area contributed by atoms with Crippen LogP contribution in [-0.4, -0.2) is 33.0 Å². The zero-order chi connectivity index (χ0) is 20.3. The number of benzene rings is 1. The van der Waals surface area contributed by atoms with Crippen molar-refractivity contribution < 1.29 is 8.42 Å². The van der Waals surface area contributed by atoms with Gasteiger partial charge >= 0.3 is 0 Å². The summed E-state index contributed by atoms with van der Waals surface area (Å²) in [7, 11) is -3.63. The molecule has 3 N–H and O–H groups in total. The normalized spacial score (nSPS) is 18.1. The van der Waals surface area contributed by atoms with Crippen molar-refractivity contribution in [3.05, 3.63) is 35.0 Å². The number of pyridine rings is 1. The molecule has 1 aromatic carbocycles. The molecule has 1 saturated heterocycles. The number of hydrogen-bond donors (Lipinski definition) is 2. The highest BCUT2D eigenvalue weighted by Crippen LogP contribution is 2.33. The summed E-state index contributed by atoms with van der Waals surface area (Å²) < 4.78 is 24.5. The number of fused-ring (bicyclic) bond motifs is 1. The Morgan fingerprint density at radius 1 is 1.29 bits per heavy atom. The maximum absolute atomic E-state index is 11.0. The molecule has 8 heteroatoms. The Balaban J connectivity index is 1.83. The SMILES string of the molecule is Cc1cc2ncc(C#N)c(N3CCC[C@H](CCNS(N)(=O)=O)CC3)c2cc1C. The molecule has 0 radical (unpaired) electrons. The van der Waals surface area contributed by atoms with Crippen molar-refractivity contribution in [2.24, 2.45) is 11.1 Å². The van der Waals surface area contributed by atoms with Gasteiger partial charge < -0.3 is 4.90 Å². The van der Waals surface area contributed by atoms with Gasteiger partial charge in [-0.25, -0.2) is 9.86 Å². The molecule has 1 fully saturated rings. The lowest BCUT2D eigenvalue weighted by Gasteiger charge is -2.26. The van der Waals surface area contributed by atoms with Crippen molar-refractivity contribution >= 4 is 26.8 Å². The topological polar surface area (TPSA) is 112 Å². The van der Waals surface area contributed by atoms with E-state index < -0.39 is 10.2 Å². The van der Waals surface area contributed by atoms with E-state index in [-0.39, 0.29) is 0 Å². The smallest absolute Gasteiger partial charge is 0.274 e. The summed E-state index contributed by atoms with van der Waals surface area (Å²) in [5.41, 5.74) is 4.86. The molecule has 0 amide bonds. The van der Waals surface area contributed by atoms with Crippen molar-refractivity contribution in [3.8, 4) is 6.07 Å². The summed E-state index contributed by atoms with van der Waals surface area (Å²) in [4.78, 5) is 6.78. The molecule has 3 rings (SSSR count). The number of nitriles is 1. The Kier molecular flexibility index (Phi) is 6.18. The van der Waals surface area contributed by atoms with Gasteiger partial charge in [0.2, 0.25) is 0 Å². The first-order chi connectivity index (χ1) is 13.3. The van der Waals surface area contributed by atoms with Gasteiger partial charge in [-0.2, -0.15) is 13.7 Å². The molecule has 1 aromatic heterocycles. The van der Waals surface area contributed by atoms with Gasteiger partial charge in [-0.3, -0.25) is 4.98 Å². The van der Waals surface area contributed by atoms with Gasteiger partial charge in [-0.05, 0) is 68.7 Å². The van der Waals surface area contributed by atoms with E-state index in [1.165, 1.54) is 11.1 Å². The van der Waals surface area contributed by atoms with Gasteiger partial charge in [0.05, 0.1) is 16.8 Å². The van der Waals surface area contributed by atoms with E-state index in [0.29, 0.717) is 18.0 Å². The number of rotatable bonds is 5. The van der Waals surface area contributed by atoms with E-state index in [1.54, 1.807) is 6.20 Å². The van der Waals surface area contributed by atoms with Crippen LogP contribution >= 0.6 is 0 Å². The van der Waals surface area contributed by atoms with Crippen molar-refractivity contribution in [2.45, 2.75) is 39.5 Å². The molecule has 0 spiro atoms. The van der Waals surface area contributed by atoms with Crippen molar-refractivity contribution in [1.82, 2.24) is 9.71 Å². The van der Waals surface area contributed by atoms with Crippen LogP contribution < -0.4 is 14.8 Å². The predicted molar refractivity (Wildman–Crippen MR) is 111 cm³/mol. The summed E-state index contributed by atoms with van der Waals surface area (Å²) in [6.45, 7) is 6.22. The highest BCUT2D eigenvalue weighted by Gasteiger charge is 2.22. The molecule has 1 aliphatic rings. The fraction of sp³-hybridized carbons (Fsp3) is 0.500. The zero-order valence-electron chi connectivity index (χ0n) is 16.4. The molecule has 1 atom stereocenters. The number of aryl methyl sites for hydroxylation is 2. The summed E-state index contributed by atoms with van der Waals surface area (Å²) in [5.74, 6) is 0.432. The van der Waals surface area contributed by atoms with Gasteiger partial charge in [0, 0.05) is 31.2 Å². The molecule has 2 aromatic rings. The average molecular weight is 402 g/mol. The van der Waals surface area contributed by atoms with E-state index in [4.69, 9.17) is 5.14 Å². The number of hydrogen-bond acceptors (Lipinski definition) is 5. The summed E-state index contributed by atoms with van der Waals surface area (Å²) in [6, 6.07) is 6.52. The van der Waals surface area contributed by atoms with Crippen LogP contribution in [0.25, 0.3) is 10.9 Å². The molecule has 0 saturated carbocycles. The Labute approximate surface area is 166 Å². The lowest BCUT2D eigenvalue weighted by Crippen LogP contribution is -2.32. The lowest BCUT2D eigenvalue weighted by atomic mass is 9.97. The molecular formula is C20H27N5O2S. The molecule has 1 aliphatic heterocycles. The predicted octanol–water partition coefficient (Wildman–Crippen LogP) is 2.51. The minimum atomic E-state index is -3.63. The van der Waals surface area contributed by atoms with Crippen LogP contribution in [0.15, 0.2) is 18.3 Å². The molecular weight excluding hydrogens is 374 g/mol. The highest BCUT2D eigenvalue weighted by molar-refractivity contribution is 7.87. The Morgan fingerprint density at radius 2 is 2.04 bits per heavy atom. The molecule has 2 heterocycles. The molecule has 7 nitrogen and oxygen atoms in total. The van der Waals surface area contributed by atoms with Gasteiger partial charge in [0.1, 0.15) is 6.07 Å². The van der Waals surface area contributed by atoms with E-state index in [9.17, 15) is 13.7 Å². The van der Waals surface area contributed by atoms with Gasteiger partial charge in [-0.15, -0.1) is 0 Å². The first kappa shape index (κ1) is 20.5. The van der Waals surface area contributed by atoms with E-state index in [1.807, 2.05) is 0 Å². The first-order valence-corrected chi connectivity index (χ1v) is 11.2. The Morgan fingerprint density at radius 3 is 2.75 bits per heavy atom. The zero-order valence-corrected chi connectivity index (χ0v) is 17.2. The maximum Gasteiger partial charge on any atom is 0.274 e. The first-order valence-electron chi connectivity index (χ1n) is 9.61. The van der Waals surface area contributed by atoms with Crippen molar-refractivity contribution in [1.29, 1.82) is 5.26 Å². The maximum atomic E-state index is 11.0. The molecule has 0 unspecified atom stereocenters. The fourth-order valence-electron chi connectivity index (χ4n) is 3.94. The minimum absolute atomic E-state index is 0.365. The largest absolute Gasteiger partial charge is 0.370 e. The van der Waals surface area contributed by atoms with E-state index in [2.05, 4.69) is 46.7 Å². The quantitative estimate of drug-likeness (QED) is 0.799. The van der Waals surface area contributed by atoms with Gasteiger partial charge in [-0.1, -0.05) is 0 Å². The van der Waals surface area contributed by atoms with Crippen LogP contribution in [0.4, 0.5) is 5.69 Å². The number of anilines is 1. The lowest BCUT2D eigenvalue weighted by molar-refractivity contribution is 0.438. The number of nitrogens with one attached hydrogen (secondary N) is 1. The summed E-state index contributed by atoms with van der Waals surface area (Å²) in [6.07, 6.45) is 5.42. The van der Waals surface area contributed by atoms with E-state index >= 15 is 0 Å². The standard InChI is InChI=1S/C20H27N5O2S/c1-14-10-18-19(11-15(14)2)23-13-17(12-21)20(18)25-8-3-4-16(6-9-25)5-7-24-28(22,26)27/h10-11,13,16,24H,3-9H2,1-2H3,(H2,22,26,27)/t16-/m1/s1. The molecule has 150 valence electrons. The van der Waals surface area contributed by atoms with Crippen LogP contribution in [0, 0.1) is 31.1 Å². The summed E-state index contributed by atoms with van der Waals surface area (Å²) >= 11 is 0. The van der Waals surface area contributed by atoms with Crippen molar-refractivity contribution in [2.75, 3.05) is 24.5 Å². The van der Waals surface area contributed by atoms with Gasteiger partial charge in [0.25, 0.3) is 10.2 Å². The van der Waals surface area contributed by atoms with Gasteiger partial charge in [0.15, 0.2) is 0 Å². The van der Waals surface area contributed by atoms with E-state index in [0.717, 1.165) is 55.4 Å². The molecule has 0 aliphatic carbocycles.